The molecule has 0 radical (unpaired) electrons. The van der Waals surface area contributed by atoms with Crippen LogP contribution in [-0.4, -0.2) is 6.04 Å². The first-order chi connectivity index (χ1) is 28.4. The lowest BCUT2D eigenvalue weighted by atomic mass is 9.84. The van der Waals surface area contributed by atoms with Gasteiger partial charge in [0.2, 0.25) is 0 Å². The van der Waals surface area contributed by atoms with Crippen molar-refractivity contribution in [3.05, 3.63) is 222 Å². The Morgan fingerprint density at radius 3 is 1.64 bits per heavy atom. The predicted octanol–water partition coefficient (Wildman–Crippen LogP) is 14.0. The van der Waals surface area contributed by atoms with Crippen molar-refractivity contribution in [1.29, 1.82) is 5.26 Å². The summed E-state index contributed by atoms with van der Waals surface area (Å²) in [6, 6.07) is 61.6. The third-order valence-corrected chi connectivity index (χ3v) is 11.4. The number of nitriles is 1. The first-order valence-corrected chi connectivity index (χ1v) is 19.8. The van der Waals surface area contributed by atoms with Crippen LogP contribution in [0.25, 0.3) is 66.5 Å². The van der Waals surface area contributed by atoms with Crippen molar-refractivity contribution in [2.45, 2.75) is 25.9 Å². The molecule has 1 aromatic heterocycles. The molecule has 0 aliphatic heterocycles. The van der Waals surface area contributed by atoms with Crippen LogP contribution in [0.3, 0.4) is 0 Å². The summed E-state index contributed by atoms with van der Waals surface area (Å²) in [6.45, 7) is 8.62. The van der Waals surface area contributed by atoms with Gasteiger partial charge in [-0.25, -0.2) is 0 Å². The van der Waals surface area contributed by atoms with E-state index < -0.39 is 0 Å². The molecule has 3 heteroatoms. The van der Waals surface area contributed by atoms with E-state index in [-0.39, 0.29) is 18.0 Å². The largest absolute Gasteiger partial charge is 0.456 e. The van der Waals surface area contributed by atoms with E-state index in [1.165, 1.54) is 22.3 Å². The molecule has 278 valence electrons. The number of allylic oxidation sites excluding steroid dienone is 1. The van der Waals surface area contributed by atoms with E-state index in [1.54, 1.807) is 0 Å². The first-order valence-electron chi connectivity index (χ1n) is 19.8. The molecular weight excluding hydrogens is 705 g/mol. The number of benzene rings is 7. The summed E-state index contributed by atoms with van der Waals surface area (Å²) in [7, 11) is 0. The van der Waals surface area contributed by atoms with Crippen LogP contribution in [0.2, 0.25) is 0 Å². The highest BCUT2D eigenvalue weighted by molar-refractivity contribution is 6.07. The molecule has 9 rings (SSSR count). The number of hydrogen-bond donors (Lipinski definition) is 1. The molecule has 1 N–H and O–H groups in total. The molecule has 0 spiro atoms. The van der Waals surface area contributed by atoms with Crippen molar-refractivity contribution >= 4 is 33.1 Å². The fraction of sp³-hybridized carbons (Fsp3) is 0.0909. The average molecular weight is 747 g/mol. The zero-order valence-electron chi connectivity index (χ0n) is 32.6. The smallest absolute Gasteiger partial charge is 0.135 e. The van der Waals surface area contributed by atoms with Crippen molar-refractivity contribution in [1.82, 2.24) is 5.32 Å². The Labute approximate surface area is 340 Å². The topological polar surface area (TPSA) is 49.0 Å². The maximum absolute atomic E-state index is 9.22. The lowest BCUT2D eigenvalue weighted by Gasteiger charge is -2.32. The molecule has 0 saturated heterocycles. The van der Waals surface area contributed by atoms with Gasteiger partial charge in [0.25, 0.3) is 0 Å². The van der Waals surface area contributed by atoms with Gasteiger partial charge in [0.05, 0.1) is 17.7 Å². The Balaban J connectivity index is 0.976. The number of hydrogen-bond acceptors (Lipinski definition) is 3. The number of furan rings is 1. The van der Waals surface area contributed by atoms with E-state index in [0.717, 1.165) is 66.5 Å². The summed E-state index contributed by atoms with van der Waals surface area (Å²) in [5.41, 5.74) is 19.9. The van der Waals surface area contributed by atoms with Crippen LogP contribution in [0, 0.1) is 17.2 Å². The predicted molar refractivity (Wildman–Crippen MR) is 241 cm³/mol. The second-order valence-electron chi connectivity index (χ2n) is 15.1. The van der Waals surface area contributed by atoms with Gasteiger partial charge in [0.1, 0.15) is 11.2 Å². The van der Waals surface area contributed by atoms with Gasteiger partial charge in [-0.15, -0.1) is 12.3 Å². The Bertz CT molecular complexity index is 2920. The highest BCUT2D eigenvalue weighted by Crippen LogP contribution is 2.37. The highest BCUT2D eigenvalue weighted by Gasteiger charge is 2.27. The Morgan fingerprint density at radius 1 is 0.621 bits per heavy atom. The van der Waals surface area contributed by atoms with Gasteiger partial charge >= 0.3 is 0 Å². The molecule has 58 heavy (non-hydrogen) atoms. The standard InChI is InChI=1S/C55H42N2O/c1-4-36(2)54(57-55-37(3)31-48(39-11-7-5-8-12-39)34-49(55)44-13-9-6-10-14-44)45-25-23-41(24-26-45)40-19-21-43(22-20-40)47-28-30-53-51(33-47)50-32-46(27-29-52(50)58-53)42-17-15-38(35-56)16-18-42/h4-30,32-34,36,54-55,57H,1H2,2-3H3/t36-,54?,55?/m1/s1. The Morgan fingerprint density at radius 2 is 1.10 bits per heavy atom. The number of nitrogens with zero attached hydrogens (tertiary/aromatic N) is 1. The molecule has 0 bridgehead atoms. The molecule has 3 nitrogen and oxygen atoms in total. The van der Waals surface area contributed by atoms with Gasteiger partial charge in [-0.3, -0.25) is 5.32 Å². The molecule has 0 amide bonds. The Hall–Kier alpha value is -7.21. The van der Waals surface area contributed by atoms with E-state index in [4.69, 9.17) is 4.42 Å². The number of rotatable bonds is 10. The molecule has 1 aliphatic rings. The second-order valence-corrected chi connectivity index (χ2v) is 15.1. The number of fused-ring (bicyclic) bond motifs is 3. The van der Waals surface area contributed by atoms with Gasteiger partial charge in [-0.05, 0) is 117 Å². The molecule has 7 aromatic carbocycles. The average Bonchev–Trinajstić information content (AvgIpc) is 3.66. The Kier molecular flexibility index (Phi) is 9.88. The van der Waals surface area contributed by atoms with Crippen LogP contribution in [-0.2, 0) is 0 Å². The minimum absolute atomic E-state index is 0.0154. The minimum atomic E-state index is -0.0154. The van der Waals surface area contributed by atoms with Crippen LogP contribution in [0.15, 0.2) is 204 Å². The third kappa shape index (κ3) is 7.16. The molecule has 0 saturated carbocycles. The molecule has 2 unspecified atom stereocenters. The zero-order chi connectivity index (χ0) is 39.6. The third-order valence-electron chi connectivity index (χ3n) is 11.4. The molecule has 1 aliphatic carbocycles. The van der Waals surface area contributed by atoms with Crippen molar-refractivity contribution < 1.29 is 4.42 Å². The summed E-state index contributed by atoms with van der Waals surface area (Å²) in [5.74, 6) is 0.182. The monoisotopic (exact) mass is 746 g/mol. The number of nitrogens with one attached hydrogen (secondary N) is 1. The van der Waals surface area contributed by atoms with Gasteiger partial charge in [-0.1, -0.05) is 146 Å². The van der Waals surface area contributed by atoms with Crippen LogP contribution < -0.4 is 5.32 Å². The van der Waals surface area contributed by atoms with E-state index in [9.17, 15) is 5.26 Å². The van der Waals surface area contributed by atoms with Gasteiger partial charge < -0.3 is 4.42 Å². The normalized spacial score (nSPS) is 14.9. The fourth-order valence-corrected chi connectivity index (χ4v) is 8.14. The molecule has 8 aromatic rings. The molecular formula is C55H42N2O. The summed E-state index contributed by atoms with van der Waals surface area (Å²) in [5, 5.41) is 15.4. The van der Waals surface area contributed by atoms with Crippen LogP contribution in [0.1, 0.15) is 42.1 Å². The summed E-state index contributed by atoms with van der Waals surface area (Å²) in [4.78, 5) is 0. The highest BCUT2D eigenvalue weighted by atomic mass is 16.3. The zero-order valence-corrected chi connectivity index (χ0v) is 32.6. The van der Waals surface area contributed by atoms with E-state index >= 15 is 0 Å². The maximum atomic E-state index is 9.22. The lowest BCUT2D eigenvalue weighted by molar-refractivity contribution is 0.436. The molecule has 3 atom stereocenters. The van der Waals surface area contributed by atoms with Crippen molar-refractivity contribution in [3.63, 3.8) is 0 Å². The van der Waals surface area contributed by atoms with Gasteiger partial charge in [0.15, 0.2) is 0 Å². The maximum Gasteiger partial charge on any atom is 0.135 e. The van der Waals surface area contributed by atoms with E-state index in [0.29, 0.717) is 5.56 Å². The van der Waals surface area contributed by atoms with Crippen molar-refractivity contribution in [2.24, 2.45) is 5.92 Å². The van der Waals surface area contributed by atoms with E-state index in [1.807, 2.05) is 36.4 Å². The first kappa shape index (κ1) is 36.4. The molecule has 0 fully saturated rings. The van der Waals surface area contributed by atoms with Crippen LogP contribution in [0.5, 0.6) is 0 Å². The van der Waals surface area contributed by atoms with E-state index in [2.05, 4.69) is 183 Å². The van der Waals surface area contributed by atoms with Crippen molar-refractivity contribution in [2.75, 3.05) is 0 Å². The van der Waals surface area contributed by atoms with Crippen LogP contribution >= 0.6 is 0 Å². The summed E-state index contributed by atoms with van der Waals surface area (Å²) < 4.78 is 6.23. The summed E-state index contributed by atoms with van der Waals surface area (Å²) >= 11 is 0. The van der Waals surface area contributed by atoms with Gasteiger partial charge in [0, 0.05) is 22.4 Å². The second kappa shape index (κ2) is 15.7. The summed E-state index contributed by atoms with van der Waals surface area (Å²) in [6.07, 6.45) is 4.34. The van der Waals surface area contributed by atoms with Crippen molar-refractivity contribution in [3.8, 4) is 39.4 Å². The minimum Gasteiger partial charge on any atom is -0.456 e. The quantitative estimate of drug-likeness (QED) is 0.112. The lowest BCUT2D eigenvalue weighted by Crippen LogP contribution is -2.38. The fourth-order valence-electron chi connectivity index (χ4n) is 8.14. The SMILES string of the molecule is C=C[C@@H](C)C(NC1C(C)=C=C(c2ccccc2)C=C1c1ccccc1)c1ccc(-c2ccc(-c3ccc4oc5ccc(-c6ccc(C#N)cc6)cc5c4c3)cc2)cc1. The van der Waals surface area contributed by atoms with Gasteiger partial charge in [-0.2, -0.15) is 5.26 Å². The van der Waals surface area contributed by atoms with Crippen LogP contribution in [0.4, 0.5) is 0 Å². The molecule has 1 heterocycles.